The van der Waals surface area contributed by atoms with Gasteiger partial charge in [-0.1, -0.05) is 24.3 Å². The summed E-state index contributed by atoms with van der Waals surface area (Å²) in [5.74, 6) is -0.0775. The van der Waals surface area contributed by atoms with Gasteiger partial charge in [0.1, 0.15) is 0 Å². The van der Waals surface area contributed by atoms with Crippen molar-refractivity contribution in [3.05, 3.63) is 66.0 Å². The van der Waals surface area contributed by atoms with E-state index in [0.29, 0.717) is 12.1 Å². The van der Waals surface area contributed by atoms with E-state index in [1.165, 1.54) is 0 Å². The van der Waals surface area contributed by atoms with E-state index >= 15 is 0 Å². The molecule has 3 nitrogen and oxygen atoms in total. The summed E-state index contributed by atoms with van der Waals surface area (Å²) >= 11 is 0. The Morgan fingerprint density at radius 2 is 1.67 bits per heavy atom. The lowest BCUT2D eigenvalue weighted by molar-refractivity contribution is 0.0950. The molecule has 0 aliphatic carbocycles. The van der Waals surface area contributed by atoms with Crippen LogP contribution in [0.25, 0.3) is 0 Å². The van der Waals surface area contributed by atoms with Gasteiger partial charge in [-0.15, -0.1) is 24.8 Å². The summed E-state index contributed by atoms with van der Waals surface area (Å²) in [6.45, 7) is 0.453. The molecule has 1 N–H and O–H groups in total. The zero-order valence-corrected chi connectivity index (χ0v) is 11.2. The minimum absolute atomic E-state index is 0. The van der Waals surface area contributed by atoms with E-state index in [0.717, 1.165) is 5.69 Å². The van der Waals surface area contributed by atoms with Crippen LogP contribution in [-0.2, 0) is 6.54 Å². The molecule has 2 aromatic rings. The summed E-state index contributed by atoms with van der Waals surface area (Å²) in [6, 6.07) is 14.8. The highest BCUT2D eigenvalue weighted by Gasteiger charge is 2.03. The molecule has 0 spiro atoms. The number of carbonyl (C=O) groups excluding carboxylic acids is 1. The highest BCUT2D eigenvalue weighted by atomic mass is 35.5. The predicted octanol–water partition coefficient (Wildman–Crippen LogP) is 2.86. The van der Waals surface area contributed by atoms with E-state index in [9.17, 15) is 4.79 Å². The maximum atomic E-state index is 11.7. The fraction of sp³-hybridized carbons (Fsp3) is 0.0769. The number of amides is 1. The molecular formula is C13H14Cl2N2O. The molecule has 1 heterocycles. The van der Waals surface area contributed by atoms with E-state index in [2.05, 4.69) is 10.3 Å². The van der Waals surface area contributed by atoms with Gasteiger partial charge in [-0.2, -0.15) is 0 Å². The summed E-state index contributed by atoms with van der Waals surface area (Å²) in [6.07, 6.45) is 1.71. The number of nitrogens with zero attached hydrogens (tertiary/aromatic N) is 1. The van der Waals surface area contributed by atoms with Gasteiger partial charge in [0.25, 0.3) is 5.91 Å². The molecule has 1 aromatic carbocycles. The summed E-state index contributed by atoms with van der Waals surface area (Å²) in [7, 11) is 0. The van der Waals surface area contributed by atoms with E-state index in [1.54, 1.807) is 18.3 Å². The quantitative estimate of drug-likeness (QED) is 0.942. The zero-order chi connectivity index (χ0) is 11.2. The van der Waals surface area contributed by atoms with Gasteiger partial charge in [-0.25, -0.2) is 0 Å². The molecular weight excluding hydrogens is 271 g/mol. The number of benzene rings is 1. The zero-order valence-electron chi connectivity index (χ0n) is 9.58. The van der Waals surface area contributed by atoms with Crippen LogP contribution >= 0.6 is 24.8 Å². The third kappa shape index (κ3) is 4.73. The van der Waals surface area contributed by atoms with E-state index in [-0.39, 0.29) is 30.7 Å². The van der Waals surface area contributed by atoms with Crippen LogP contribution in [0.4, 0.5) is 0 Å². The van der Waals surface area contributed by atoms with Crippen molar-refractivity contribution in [1.82, 2.24) is 10.3 Å². The first-order valence-corrected chi connectivity index (χ1v) is 5.09. The lowest BCUT2D eigenvalue weighted by Gasteiger charge is -2.04. The number of pyridine rings is 1. The van der Waals surface area contributed by atoms with Crippen LogP contribution in [0.5, 0.6) is 0 Å². The van der Waals surface area contributed by atoms with Crippen molar-refractivity contribution in [3.8, 4) is 0 Å². The number of carbonyl (C=O) groups is 1. The maximum Gasteiger partial charge on any atom is 0.251 e. The highest BCUT2D eigenvalue weighted by Crippen LogP contribution is 1.99. The Labute approximate surface area is 118 Å². The molecule has 2 rings (SSSR count). The summed E-state index contributed by atoms with van der Waals surface area (Å²) in [4.78, 5) is 15.8. The topological polar surface area (TPSA) is 42.0 Å². The normalized spacial score (nSPS) is 8.67. The molecule has 0 fully saturated rings. The molecule has 0 bridgehead atoms. The number of hydrogen-bond donors (Lipinski definition) is 1. The lowest BCUT2D eigenvalue weighted by Crippen LogP contribution is -2.23. The molecule has 0 saturated carbocycles. The van der Waals surface area contributed by atoms with Crippen molar-refractivity contribution in [3.63, 3.8) is 0 Å². The number of aromatic nitrogens is 1. The van der Waals surface area contributed by atoms with Crippen molar-refractivity contribution < 1.29 is 4.79 Å². The van der Waals surface area contributed by atoms with Gasteiger partial charge in [-0.05, 0) is 24.3 Å². The van der Waals surface area contributed by atoms with Gasteiger partial charge in [0.05, 0.1) is 12.2 Å². The monoisotopic (exact) mass is 284 g/mol. The standard InChI is InChI=1S/C13H12N2O.2ClH/c16-13(11-6-2-1-3-7-11)15-10-12-8-4-5-9-14-12;;/h1-9H,10H2,(H,15,16);2*1H. The largest absolute Gasteiger partial charge is 0.346 e. The molecule has 5 heteroatoms. The average molecular weight is 285 g/mol. The first-order valence-electron chi connectivity index (χ1n) is 5.09. The van der Waals surface area contributed by atoms with Gasteiger partial charge in [-0.3, -0.25) is 9.78 Å². The molecule has 0 aliphatic rings. The second-order valence-corrected chi connectivity index (χ2v) is 3.37. The van der Waals surface area contributed by atoms with Gasteiger partial charge >= 0.3 is 0 Å². The molecule has 1 aromatic heterocycles. The Bertz CT molecular complexity index is 463. The van der Waals surface area contributed by atoms with Crippen molar-refractivity contribution >= 4 is 30.7 Å². The Hall–Kier alpha value is -1.58. The maximum absolute atomic E-state index is 11.7. The molecule has 0 unspecified atom stereocenters. The molecule has 18 heavy (non-hydrogen) atoms. The van der Waals surface area contributed by atoms with Crippen molar-refractivity contribution in [2.45, 2.75) is 6.54 Å². The van der Waals surface area contributed by atoms with Gasteiger partial charge < -0.3 is 5.32 Å². The SMILES string of the molecule is Cl.Cl.O=C(NCc1ccccn1)c1ccccc1. The Morgan fingerprint density at radius 3 is 2.28 bits per heavy atom. The Balaban J connectivity index is 0.00000144. The van der Waals surface area contributed by atoms with Gasteiger partial charge in [0.2, 0.25) is 0 Å². The number of hydrogen-bond acceptors (Lipinski definition) is 2. The van der Waals surface area contributed by atoms with Crippen LogP contribution in [0.1, 0.15) is 16.1 Å². The Kier molecular flexibility index (Phi) is 7.76. The predicted molar refractivity (Wildman–Crippen MR) is 76.3 cm³/mol. The first-order chi connectivity index (χ1) is 7.86. The van der Waals surface area contributed by atoms with Crippen LogP contribution in [0.15, 0.2) is 54.7 Å². The number of rotatable bonds is 3. The van der Waals surface area contributed by atoms with Crippen LogP contribution < -0.4 is 5.32 Å². The molecule has 0 aliphatic heterocycles. The fourth-order valence-electron chi connectivity index (χ4n) is 1.37. The van der Waals surface area contributed by atoms with Crippen LogP contribution in [0.2, 0.25) is 0 Å². The van der Waals surface area contributed by atoms with Gasteiger partial charge in [0.15, 0.2) is 0 Å². The lowest BCUT2D eigenvalue weighted by atomic mass is 10.2. The van der Waals surface area contributed by atoms with E-state index in [1.807, 2.05) is 36.4 Å². The van der Waals surface area contributed by atoms with Crippen LogP contribution in [0, 0.1) is 0 Å². The second kappa shape index (κ2) is 8.50. The van der Waals surface area contributed by atoms with Crippen molar-refractivity contribution in [2.75, 3.05) is 0 Å². The van der Waals surface area contributed by atoms with Crippen molar-refractivity contribution in [1.29, 1.82) is 0 Å². The van der Waals surface area contributed by atoms with Crippen LogP contribution in [0.3, 0.4) is 0 Å². The number of nitrogens with one attached hydrogen (secondary N) is 1. The number of halogens is 2. The first kappa shape index (κ1) is 16.4. The molecule has 1 amide bonds. The summed E-state index contributed by atoms with van der Waals surface area (Å²) in [5, 5.41) is 2.81. The average Bonchev–Trinajstić information content (AvgIpc) is 2.38. The summed E-state index contributed by atoms with van der Waals surface area (Å²) in [5.41, 5.74) is 1.52. The smallest absolute Gasteiger partial charge is 0.251 e. The third-order valence-corrected chi connectivity index (χ3v) is 2.19. The van der Waals surface area contributed by atoms with Crippen LogP contribution in [-0.4, -0.2) is 10.9 Å². The van der Waals surface area contributed by atoms with E-state index in [4.69, 9.17) is 0 Å². The molecule has 0 radical (unpaired) electrons. The molecule has 96 valence electrons. The fourth-order valence-corrected chi connectivity index (χ4v) is 1.37. The molecule has 0 saturated heterocycles. The van der Waals surface area contributed by atoms with E-state index < -0.39 is 0 Å². The Morgan fingerprint density at radius 1 is 1.00 bits per heavy atom. The van der Waals surface area contributed by atoms with Gasteiger partial charge in [0, 0.05) is 11.8 Å². The van der Waals surface area contributed by atoms with Crippen molar-refractivity contribution in [2.24, 2.45) is 0 Å². The minimum atomic E-state index is -0.0775. The third-order valence-electron chi connectivity index (χ3n) is 2.19. The summed E-state index contributed by atoms with van der Waals surface area (Å²) < 4.78 is 0. The highest BCUT2D eigenvalue weighted by molar-refractivity contribution is 5.94. The minimum Gasteiger partial charge on any atom is -0.346 e. The second-order valence-electron chi connectivity index (χ2n) is 3.37. The molecule has 0 atom stereocenters.